The number of aryl methyl sites for hydroxylation is 2. The van der Waals surface area contributed by atoms with Crippen molar-refractivity contribution in [3.05, 3.63) is 35.5 Å². The van der Waals surface area contributed by atoms with Gasteiger partial charge in [0.05, 0.1) is 17.9 Å². The fraction of sp³-hybridized carbons (Fsp3) is 0.500. The van der Waals surface area contributed by atoms with E-state index in [1.807, 2.05) is 13.2 Å². The van der Waals surface area contributed by atoms with Gasteiger partial charge in [0, 0.05) is 31.5 Å². The van der Waals surface area contributed by atoms with Gasteiger partial charge in [0.1, 0.15) is 6.10 Å². The molecule has 2 atom stereocenters. The number of rotatable bonds is 3. The fourth-order valence-corrected chi connectivity index (χ4v) is 2.55. The van der Waals surface area contributed by atoms with Crippen molar-refractivity contribution in [2.45, 2.75) is 31.9 Å². The first-order chi connectivity index (χ1) is 10.1. The van der Waals surface area contributed by atoms with Crippen molar-refractivity contribution in [2.75, 3.05) is 6.61 Å². The summed E-state index contributed by atoms with van der Waals surface area (Å²) < 4.78 is 12.5. The minimum Gasteiger partial charge on any atom is -0.371 e. The van der Waals surface area contributed by atoms with Crippen LogP contribution in [0.15, 0.2) is 23.0 Å². The Kier molecular flexibility index (Phi) is 3.74. The predicted molar refractivity (Wildman–Crippen MR) is 73.6 cm³/mol. The number of carbonyl (C=O) groups is 1. The van der Waals surface area contributed by atoms with E-state index in [-0.39, 0.29) is 23.8 Å². The van der Waals surface area contributed by atoms with Crippen molar-refractivity contribution in [2.24, 2.45) is 7.05 Å². The van der Waals surface area contributed by atoms with E-state index in [0.717, 1.165) is 18.4 Å². The van der Waals surface area contributed by atoms with E-state index in [1.54, 1.807) is 23.9 Å². The molecule has 0 saturated carbocycles. The van der Waals surface area contributed by atoms with Gasteiger partial charge in [0.25, 0.3) is 5.91 Å². The summed E-state index contributed by atoms with van der Waals surface area (Å²) in [6.45, 7) is 2.47. The summed E-state index contributed by atoms with van der Waals surface area (Å²) in [5.41, 5.74) is 1.65. The Morgan fingerprint density at radius 1 is 1.52 bits per heavy atom. The highest BCUT2D eigenvalue weighted by molar-refractivity contribution is 5.91. The van der Waals surface area contributed by atoms with Gasteiger partial charge in [-0.3, -0.25) is 9.48 Å². The van der Waals surface area contributed by atoms with Gasteiger partial charge in [-0.15, -0.1) is 0 Å². The number of hydrogen-bond acceptors (Lipinski definition) is 5. The molecule has 112 valence electrons. The van der Waals surface area contributed by atoms with E-state index in [1.165, 1.54) is 0 Å². The number of nitrogens with one attached hydrogen (secondary N) is 1. The molecular weight excluding hydrogens is 272 g/mol. The Morgan fingerprint density at radius 2 is 2.38 bits per heavy atom. The quantitative estimate of drug-likeness (QED) is 0.923. The lowest BCUT2D eigenvalue weighted by Gasteiger charge is -2.31. The second-order valence-corrected chi connectivity index (χ2v) is 5.29. The Hall–Kier alpha value is -2.15. The van der Waals surface area contributed by atoms with Crippen molar-refractivity contribution in [1.29, 1.82) is 0 Å². The summed E-state index contributed by atoms with van der Waals surface area (Å²) >= 11 is 0. The molecular formula is C14H18N4O3. The molecule has 7 nitrogen and oxygen atoms in total. The molecule has 21 heavy (non-hydrogen) atoms. The Balaban J connectivity index is 1.74. The van der Waals surface area contributed by atoms with Crippen LogP contribution in [0.2, 0.25) is 0 Å². The molecule has 1 aliphatic rings. The molecule has 3 heterocycles. The molecule has 1 amide bonds. The molecule has 0 radical (unpaired) electrons. The minimum absolute atomic E-state index is 0.0964. The fourth-order valence-electron chi connectivity index (χ4n) is 2.55. The standard InChI is InChI=1S/C14H18N4O3/c1-9-6-12(21-17-9)14(19)16-11-4-3-5-20-13(11)10-7-15-18(2)8-10/h6-8,11,13H,3-5H2,1-2H3,(H,16,19)/t11-,13+/m0/s1. The molecule has 1 N–H and O–H groups in total. The Labute approximate surface area is 122 Å². The average Bonchev–Trinajstić information content (AvgIpc) is 3.08. The third kappa shape index (κ3) is 2.97. The number of hydrogen-bond donors (Lipinski definition) is 1. The molecule has 2 aromatic rings. The van der Waals surface area contributed by atoms with Gasteiger partial charge in [0.2, 0.25) is 5.76 Å². The minimum atomic E-state index is -0.264. The summed E-state index contributed by atoms with van der Waals surface area (Å²) in [6, 6.07) is 1.53. The van der Waals surface area contributed by atoms with Gasteiger partial charge in [-0.25, -0.2) is 0 Å². The van der Waals surface area contributed by atoms with Crippen LogP contribution in [0.5, 0.6) is 0 Å². The molecule has 0 spiro atoms. The van der Waals surface area contributed by atoms with Crippen molar-refractivity contribution in [3.63, 3.8) is 0 Å². The lowest BCUT2D eigenvalue weighted by atomic mass is 9.98. The molecule has 2 aromatic heterocycles. The van der Waals surface area contributed by atoms with Gasteiger partial charge >= 0.3 is 0 Å². The largest absolute Gasteiger partial charge is 0.371 e. The summed E-state index contributed by atoms with van der Waals surface area (Å²) in [4.78, 5) is 12.2. The van der Waals surface area contributed by atoms with E-state index in [2.05, 4.69) is 15.6 Å². The number of carbonyl (C=O) groups excluding carboxylic acids is 1. The molecule has 7 heteroatoms. The van der Waals surface area contributed by atoms with Crippen LogP contribution in [0.4, 0.5) is 0 Å². The van der Waals surface area contributed by atoms with Crippen molar-refractivity contribution < 1.29 is 14.1 Å². The summed E-state index contributed by atoms with van der Waals surface area (Å²) in [5.74, 6) is -0.0389. The van der Waals surface area contributed by atoms with E-state index in [4.69, 9.17) is 9.26 Å². The molecule has 1 saturated heterocycles. The van der Waals surface area contributed by atoms with Gasteiger partial charge in [-0.05, 0) is 19.8 Å². The third-order valence-electron chi connectivity index (χ3n) is 3.54. The van der Waals surface area contributed by atoms with Crippen molar-refractivity contribution in [3.8, 4) is 0 Å². The molecule has 1 fully saturated rings. The molecule has 0 unspecified atom stereocenters. The van der Waals surface area contributed by atoms with Crippen molar-refractivity contribution >= 4 is 5.91 Å². The van der Waals surface area contributed by atoms with Crippen LogP contribution in [0.3, 0.4) is 0 Å². The van der Waals surface area contributed by atoms with Crippen LogP contribution in [0.25, 0.3) is 0 Å². The van der Waals surface area contributed by atoms with Crippen LogP contribution in [0.1, 0.15) is 40.8 Å². The highest BCUT2D eigenvalue weighted by Crippen LogP contribution is 2.28. The van der Waals surface area contributed by atoms with E-state index in [0.29, 0.717) is 12.3 Å². The van der Waals surface area contributed by atoms with Gasteiger partial charge in [0.15, 0.2) is 0 Å². The third-order valence-corrected chi connectivity index (χ3v) is 3.54. The zero-order valence-electron chi connectivity index (χ0n) is 12.1. The number of ether oxygens (including phenoxy) is 1. The zero-order chi connectivity index (χ0) is 14.8. The molecule has 3 rings (SSSR count). The first-order valence-electron chi connectivity index (χ1n) is 6.98. The monoisotopic (exact) mass is 290 g/mol. The van der Waals surface area contributed by atoms with Crippen LogP contribution in [0, 0.1) is 6.92 Å². The highest BCUT2D eigenvalue weighted by Gasteiger charge is 2.30. The second kappa shape index (κ2) is 5.69. The van der Waals surface area contributed by atoms with Crippen LogP contribution in [-0.4, -0.2) is 33.5 Å². The maximum absolute atomic E-state index is 12.2. The van der Waals surface area contributed by atoms with Gasteiger partial charge < -0.3 is 14.6 Å². The normalized spacial score (nSPS) is 22.2. The van der Waals surface area contributed by atoms with Crippen LogP contribution in [-0.2, 0) is 11.8 Å². The highest BCUT2D eigenvalue weighted by atomic mass is 16.5. The van der Waals surface area contributed by atoms with E-state index < -0.39 is 0 Å². The van der Waals surface area contributed by atoms with Crippen LogP contribution < -0.4 is 5.32 Å². The first-order valence-corrected chi connectivity index (χ1v) is 6.98. The second-order valence-electron chi connectivity index (χ2n) is 5.29. The topological polar surface area (TPSA) is 82.2 Å². The maximum Gasteiger partial charge on any atom is 0.290 e. The van der Waals surface area contributed by atoms with Crippen molar-refractivity contribution in [1.82, 2.24) is 20.3 Å². The maximum atomic E-state index is 12.2. The molecule has 1 aliphatic heterocycles. The lowest BCUT2D eigenvalue weighted by molar-refractivity contribution is -0.00983. The molecule has 0 aromatic carbocycles. The molecule has 0 aliphatic carbocycles. The smallest absolute Gasteiger partial charge is 0.290 e. The van der Waals surface area contributed by atoms with Crippen LogP contribution >= 0.6 is 0 Å². The summed E-state index contributed by atoms with van der Waals surface area (Å²) in [5, 5.41) is 10.9. The van der Waals surface area contributed by atoms with Gasteiger partial charge in [-0.1, -0.05) is 5.16 Å². The summed E-state index contributed by atoms with van der Waals surface area (Å²) in [6.07, 6.45) is 5.28. The van der Waals surface area contributed by atoms with E-state index >= 15 is 0 Å². The summed E-state index contributed by atoms with van der Waals surface area (Å²) in [7, 11) is 1.86. The predicted octanol–water partition coefficient (Wildman–Crippen LogP) is 1.37. The van der Waals surface area contributed by atoms with E-state index in [9.17, 15) is 4.79 Å². The Morgan fingerprint density at radius 3 is 3.05 bits per heavy atom. The molecule has 0 bridgehead atoms. The lowest BCUT2D eigenvalue weighted by Crippen LogP contribution is -2.42. The Bertz CT molecular complexity index is 634. The first kappa shape index (κ1) is 13.8. The van der Waals surface area contributed by atoms with Gasteiger partial charge in [-0.2, -0.15) is 5.10 Å². The number of nitrogens with zero attached hydrogens (tertiary/aromatic N) is 3. The number of aromatic nitrogens is 3. The average molecular weight is 290 g/mol. The SMILES string of the molecule is Cc1cc(C(=O)N[C@H]2CCCO[C@@H]2c2cnn(C)c2)on1. The zero-order valence-corrected chi connectivity index (χ0v) is 12.1. The number of amides is 1.